The van der Waals surface area contributed by atoms with Crippen LogP contribution in [0.3, 0.4) is 0 Å². The van der Waals surface area contributed by atoms with Crippen LogP contribution in [0.2, 0.25) is 10.0 Å². The Hall–Kier alpha value is -1.29. The van der Waals surface area contributed by atoms with Crippen molar-refractivity contribution in [3.05, 3.63) is 46.2 Å². The molecule has 2 aromatic rings. The predicted octanol–water partition coefficient (Wildman–Crippen LogP) is 4.34. The van der Waals surface area contributed by atoms with Crippen molar-refractivity contribution >= 4 is 23.2 Å². The van der Waals surface area contributed by atoms with Gasteiger partial charge in [-0.2, -0.15) is 0 Å². The molecule has 110 valence electrons. The maximum atomic E-state index is 9.28. The van der Waals surface area contributed by atoms with Crippen LogP contribution < -0.4 is 4.74 Å². The number of benzene rings is 1. The zero-order valence-corrected chi connectivity index (χ0v) is 12.9. The summed E-state index contributed by atoms with van der Waals surface area (Å²) in [6.07, 6.45) is 4.11. The van der Waals surface area contributed by atoms with Crippen LogP contribution in [0.25, 0.3) is 11.1 Å². The molecule has 1 aliphatic rings. The first-order valence-corrected chi connectivity index (χ1v) is 7.61. The molecule has 0 atom stereocenters. The van der Waals surface area contributed by atoms with E-state index in [2.05, 4.69) is 4.98 Å². The highest BCUT2D eigenvalue weighted by molar-refractivity contribution is 6.42. The molecule has 0 saturated heterocycles. The van der Waals surface area contributed by atoms with E-state index in [1.807, 2.05) is 12.1 Å². The van der Waals surface area contributed by atoms with Crippen molar-refractivity contribution in [2.45, 2.75) is 19.4 Å². The Morgan fingerprint density at radius 2 is 2.00 bits per heavy atom. The molecule has 3 nitrogen and oxygen atoms in total. The highest BCUT2D eigenvalue weighted by atomic mass is 35.5. The number of halogens is 2. The fraction of sp³-hybridized carbons (Fsp3) is 0.312. The lowest BCUT2D eigenvalue weighted by molar-refractivity contribution is 0.275. The number of aromatic nitrogens is 1. The number of nitrogens with zero attached hydrogens (tertiary/aromatic N) is 1. The smallest absolute Gasteiger partial charge is 0.145 e. The standard InChI is InChI=1S/C16H15Cl2NO2/c17-14-4-3-11(5-15(14)18)13-6-12(8-20)19-7-16(13)21-9-10-1-2-10/h3-7,10,20H,1-2,8-9H2. The third-order valence-electron chi connectivity index (χ3n) is 3.49. The van der Waals surface area contributed by atoms with E-state index in [4.69, 9.17) is 27.9 Å². The van der Waals surface area contributed by atoms with Crippen molar-refractivity contribution < 1.29 is 9.84 Å². The molecule has 0 radical (unpaired) electrons. The highest BCUT2D eigenvalue weighted by Gasteiger charge is 2.22. The lowest BCUT2D eigenvalue weighted by Gasteiger charge is -2.13. The van der Waals surface area contributed by atoms with Gasteiger partial charge >= 0.3 is 0 Å². The molecule has 1 aliphatic carbocycles. The Balaban J connectivity index is 1.97. The summed E-state index contributed by atoms with van der Waals surface area (Å²) in [4.78, 5) is 4.19. The van der Waals surface area contributed by atoms with Crippen molar-refractivity contribution in [2.75, 3.05) is 6.61 Å². The van der Waals surface area contributed by atoms with Crippen molar-refractivity contribution in [1.29, 1.82) is 0 Å². The van der Waals surface area contributed by atoms with Crippen LogP contribution in [0.15, 0.2) is 30.5 Å². The summed E-state index contributed by atoms with van der Waals surface area (Å²) in [5.41, 5.74) is 2.36. The van der Waals surface area contributed by atoms with Crippen LogP contribution in [0.1, 0.15) is 18.5 Å². The fourth-order valence-corrected chi connectivity index (χ4v) is 2.37. The first-order valence-electron chi connectivity index (χ1n) is 6.85. The van der Waals surface area contributed by atoms with Crippen LogP contribution in [0, 0.1) is 5.92 Å². The van der Waals surface area contributed by atoms with E-state index in [9.17, 15) is 5.11 Å². The number of pyridine rings is 1. The summed E-state index contributed by atoms with van der Waals surface area (Å²) in [7, 11) is 0. The molecule has 5 heteroatoms. The minimum absolute atomic E-state index is 0.114. The van der Waals surface area contributed by atoms with E-state index < -0.39 is 0 Å². The topological polar surface area (TPSA) is 42.4 Å². The summed E-state index contributed by atoms with van der Waals surface area (Å²) >= 11 is 12.1. The van der Waals surface area contributed by atoms with Gasteiger partial charge in [0.2, 0.25) is 0 Å². The van der Waals surface area contributed by atoms with Crippen LogP contribution in [0.5, 0.6) is 5.75 Å². The Labute approximate surface area is 133 Å². The number of aliphatic hydroxyl groups is 1. The molecule has 3 rings (SSSR count). The molecule has 21 heavy (non-hydrogen) atoms. The summed E-state index contributed by atoms with van der Waals surface area (Å²) in [6.45, 7) is 0.589. The second-order valence-corrected chi connectivity index (χ2v) is 6.03. The second-order valence-electron chi connectivity index (χ2n) is 5.21. The Bertz CT molecular complexity index is 657. The van der Waals surface area contributed by atoms with Gasteiger partial charge in [0.25, 0.3) is 0 Å². The molecule has 1 saturated carbocycles. The molecule has 1 heterocycles. The van der Waals surface area contributed by atoms with Crippen LogP contribution in [-0.4, -0.2) is 16.7 Å². The Morgan fingerprint density at radius 3 is 2.67 bits per heavy atom. The molecule has 1 fully saturated rings. The molecule has 1 aromatic heterocycles. The van der Waals surface area contributed by atoms with Crippen molar-refractivity contribution in [3.63, 3.8) is 0 Å². The SMILES string of the molecule is OCc1cc(-c2ccc(Cl)c(Cl)c2)c(OCC2CC2)cn1. The quantitative estimate of drug-likeness (QED) is 0.890. The van der Waals surface area contributed by atoms with Gasteiger partial charge in [-0.1, -0.05) is 29.3 Å². The first-order chi connectivity index (χ1) is 10.2. The van der Waals surface area contributed by atoms with Gasteiger partial charge in [-0.3, -0.25) is 4.98 Å². The fourth-order valence-electron chi connectivity index (χ4n) is 2.07. The van der Waals surface area contributed by atoms with Gasteiger partial charge in [-0.15, -0.1) is 0 Å². The van der Waals surface area contributed by atoms with Crippen molar-refractivity contribution in [2.24, 2.45) is 5.92 Å². The van der Waals surface area contributed by atoms with Gasteiger partial charge in [0, 0.05) is 5.56 Å². The molecule has 0 aliphatic heterocycles. The minimum atomic E-state index is -0.114. The average Bonchev–Trinajstić information content (AvgIpc) is 3.32. The van der Waals surface area contributed by atoms with E-state index in [1.165, 1.54) is 12.8 Å². The third-order valence-corrected chi connectivity index (χ3v) is 4.23. The zero-order valence-electron chi connectivity index (χ0n) is 11.4. The van der Waals surface area contributed by atoms with Gasteiger partial charge < -0.3 is 9.84 Å². The number of ether oxygens (including phenoxy) is 1. The minimum Gasteiger partial charge on any atom is -0.491 e. The maximum Gasteiger partial charge on any atom is 0.145 e. The van der Waals surface area contributed by atoms with Gasteiger partial charge in [-0.05, 0) is 42.5 Å². The van der Waals surface area contributed by atoms with E-state index in [1.54, 1.807) is 18.3 Å². The van der Waals surface area contributed by atoms with Gasteiger partial charge in [0.1, 0.15) is 5.75 Å². The Kier molecular flexibility index (Phi) is 4.34. The van der Waals surface area contributed by atoms with E-state index in [0.29, 0.717) is 34.0 Å². The molecule has 0 amide bonds. The molecule has 0 bridgehead atoms. The normalized spacial score (nSPS) is 14.2. The number of aliphatic hydroxyl groups excluding tert-OH is 1. The molecular formula is C16H15Cl2NO2. The predicted molar refractivity (Wildman–Crippen MR) is 83.8 cm³/mol. The maximum absolute atomic E-state index is 9.28. The van der Waals surface area contributed by atoms with E-state index in [-0.39, 0.29) is 6.61 Å². The van der Waals surface area contributed by atoms with Gasteiger partial charge in [0.15, 0.2) is 0 Å². The molecule has 0 unspecified atom stereocenters. The van der Waals surface area contributed by atoms with Gasteiger partial charge in [0.05, 0.1) is 35.1 Å². The van der Waals surface area contributed by atoms with Crippen LogP contribution in [0.4, 0.5) is 0 Å². The van der Waals surface area contributed by atoms with Crippen molar-refractivity contribution in [1.82, 2.24) is 4.98 Å². The highest BCUT2D eigenvalue weighted by Crippen LogP contribution is 2.36. The average molecular weight is 324 g/mol. The lowest BCUT2D eigenvalue weighted by Crippen LogP contribution is -2.02. The summed E-state index contributed by atoms with van der Waals surface area (Å²) in [5, 5.41) is 10.3. The first kappa shape index (κ1) is 14.6. The van der Waals surface area contributed by atoms with Gasteiger partial charge in [-0.25, -0.2) is 0 Å². The third kappa shape index (κ3) is 3.49. The summed E-state index contributed by atoms with van der Waals surface area (Å²) in [5.74, 6) is 1.36. The monoisotopic (exact) mass is 323 g/mol. The van der Waals surface area contributed by atoms with Crippen LogP contribution >= 0.6 is 23.2 Å². The number of hydrogen-bond acceptors (Lipinski definition) is 3. The summed E-state index contributed by atoms with van der Waals surface area (Å²) in [6, 6.07) is 7.25. The molecule has 1 N–H and O–H groups in total. The number of hydrogen-bond donors (Lipinski definition) is 1. The van der Waals surface area contributed by atoms with E-state index >= 15 is 0 Å². The molecular weight excluding hydrogens is 309 g/mol. The largest absolute Gasteiger partial charge is 0.491 e. The van der Waals surface area contributed by atoms with Crippen molar-refractivity contribution in [3.8, 4) is 16.9 Å². The zero-order chi connectivity index (χ0) is 14.8. The second kappa shape index (κ2) is 6.22. The number of rotatable bonds is 5. The summed E-state index contributed by atoms with van der Waals surface area (Å²) < 4.78 is 5.86. The lowest BCUT2D eigenvalue weighted by atomic mass is 10.1. The van der Waals surface area contributed by atoms with Crippen LogP contribution in [-0.2, 0) is 6.61 Å². The Morgan fingerprint density at radius 1 is 1.19 bits per heavy atom. The molecule has 1 aromatic carbocycles. The van der Waals surface area contributed by atoms with E-state index in [0.717, 1.165) is 11.1 Å². The molecule has 0 spiro atoms.